The van der Waals surface area contributed by atoms with Crippen molar-refractivity contribution in [1.82, 2.24) is 9.97 Å². The summed E-state index contributed by atoms with van der Waals surface area (Å²) in [6, 6.07) is 15.4. The van der Waals surface area contributed by atoms with Gasteiger partial charge in [0.1, 0.15) is 6.61 Å². The Labute approximate surface area is 193 Å². The molecular weight excluding hydrogens is 511 g/mol. The molecule has 0 saturated carbocycles. The molecule has 1 amide bonds. The number of nitrogens with two attached hydrogens (primary N) is 1. The van der Waals surface area contributed by atoms with Crippen molar-refractivity contribution in [3.05, 3.63) is 69.4 Å². The molecule has 1 saturated heterocycles. The van der Waals surface area contributed by atoms with Crippen LogP contribution in [0.2, 0.25) is 0 Å². The molecule has 0 bridgehead atoms. The van der Waals surface area contributed by atoms with Gasteiger partial charge >= 0.3 is 0 Å². The molecule has 6 nitrogen and oxygen atoms in total. The molecule has 2 N–H and O–H groups in total. The number of ether oxygens (including phenoxy) is 1. The van der Waals surface area contributed by atoms with E-state index in [9.17, 15) is 4.79 Å². The number of hydrogen-bond acceptors (Lipinski definition) is 6. The van der Waals surface area contributed by atoms with E-state index in [-0.39, 0.29) is 0 Å². The zero-order chi connectivity index (χ0) is 20.9. The summed E-state index contributed by atoms with van der Waals surface area (Å²) in [5, 5.41) is 0. The summed E-state index contributed by atoms with van der Waals surface area (Å²) in [4.78, 5) is 24.6. The van der Waals surface area contributed by atoms with Crippen LogP contribution in [0, 0.1) is 3.57 Å². The third kappa shape index (κ3) is 5.23. The number of hydrogen-bond donors (Lipinski definition) is 1. The minimum atomic E-state index is -0.439. The predicted octanol–water partition coefficient (Wildman–Crippen LogP) is 4.51. The molecule has 2 aromatic carbocycles. The second-order valence-corrected chi connectivity index (χ2v) is 9.30. The van der Waals surface area contributed by atoms with Gasteiger partial charge in [0.25, 0.3) is 0 Å². The molecule has 8 heteroatoms. The third-order valence-electron chi connectivity index (χ3n) is 4.73. The van der Waals surface area contributed by atoms with Crippen LogP contribution in [0.4, 0.5) is 5.95 Å². The van der Waals surface area contributed by atoms with Crippen LogP contribution in [0.15, 0.2) is 64.5 Å². The average molecular weight is 532 g/mol. The van der Waals surface area contributed by atoms with Crippen molar-refractivity contribution < 1.29 is 9.53 Å². The fourth-order valence-corrected chi connectivity index (χ4v) is 4.61. The molecule has 1 aromatic heterocycles. The molecule has 0 unspecified atom stereocenters. The monoisotopic (exact) mass is 532 g/mol. The minimum Gasteiger partial charge on any atom is -0.472 e. The van der Waals surface area contributed by atoms with Crippen molar-refractivity contribution in [2.75, 3.05) is 18.0 Å². The van der Waals surface area contributed by atoms with Crippen LogP contribution in [0.3, 0.4) is 0 Å². The molecule has 0 radical (unpaired) electrons. The van der Waals surface area contributed by atoms with Gasteiger partial charge in [0.2, 0.25) is 17.7 Å². The number of benzene rings is 2. The molecule has 154 valence electrons. The second kappa shape index (κ2) is 9.65. The highest BCUT2D eigenvalue weighted by atomic mass is 127. The summed E-state index contributed by atoms with van der Waals surface area (Å²) in [5.74, 6) is 0.833. The highest BCUT2D eigenvalue weighted by Crippen LogP contribution is 2.35. The van der Waals surface area contributed by atoms with Gasteiger partial charge in [-0.1, -0.05) is 23.9 Å². The summed E-state index contributed by atoms with van der Waals surface area (Å²) < 4.78 is 7.30. The molecule has 1 aliphatic rings. The molecule has 0 aliphatic carbocycles. The van der Waals surface area contributed by atoms with Crippen molar-refractivity contribution in [2.24, 2.45) is 5.73 Å². The van der Waals surface area contributed by atoms with Crippen LogP contribution in [-0.2, 0) is 6.61 Å². The zero-order valence-electron chi connectivity index (χ0n) is 16.3. The number of primary amides is 1. The topological polar surface area (TPSA) is 81.3 Å². The Balaban J connectivity index is 1.58. The molecule has 3 aromatic rings. The van der Waals surface area contributed by atoms with Gasteiger partial charge in [-0.3, -0.25) is 4.79 Å². The quantitative estimate of drug-likeness (QED) is 0.451. The Morgan fingerprint density at radius 1 is 1.17 bits per heavy atom. The van der Waals surface area contributed by atoms with Crippen molar-refractivity contribution in [3.8, 4) is 5.88 Å². The van der Waals surface area contributed by atoms with Crippen molar-refractivity contribution in [1.29, 1.82) is 0 Å². The predicted molar refractivity (Wildman–Crippen MR) is 126 cm³/mol. The summed E-state index contributed by atoms with van der Waals surface area (Å²) in [5.41, 5.74) is 6.90. The van der Waals surface area contributed by atoms with Gasteiger partial charge < -0.3 is 15.4 Å². The van der Waals surface area contributed by atoms with Crippen LogP contribution >= 0.6 is 34.4 Å². The van der Waals surface area contributed by atoms with Crippen LogP contribution in [-0.4, -0.2) is 29.0 Å². The maximum atomic E-state index is 11.3. The number of carbonyl (C=O) groups excluding carboxylic acids is 1. The first kappa shape index (κ1) is 20.9. The first-order valence-electron chi connectivity index (χ1n) is 9.65. The van der Waals surface area contributed by atoms with E-state index >= 15 is 0 Å². The van der Waals surface area contributed by atoms with Crippen LogP contribution in [0.1, 0.15) is 28.8 Å². The van der Waals surface area contributed by atoms with Gasteiger partial charge in [-0.05, 0) is 77.4 Å². The lowest BCUT2D eigenvalue weighted by Crippen LogP contribution is -2.20. The number of halogens is 1. The van der Waals surface area contributed by atoms with E-state index in [1.165, 1.54) is 15.3 Å². The Hall–Kier alpha value is -2.33. The molecule has 0 spiro atoms. The van der Waals surface area contributed by atoms with E-state index in [1.807, 2.05) is 30.5 Å². The largest absolute Gasteiger partial charge is 0.472 e. The Kier molecular flexibility index (Phi) is 6.73. The lowest BCUT2D eigenvalue weighted by molar-refractivity contribution is 0.1000. The van der Waals surface area contributed by atoms with Gasteiger partial charge in [-0.2, -0.15) is 4.98 Å². The lowest BCUT2D eigenvalue weighted by Gasteiger charge is -2.17. The van der Waals surface area contributed by atoms with Crippen molar-refractivity contribution in [2.45, 2.75) is 29.2 Å². The maximum absolute atomic E-state index is 11.3. The van der Waals surface area contributed by atoms with Gasteiger partial charge in [0, 0.05) is 27.1 Å². The zero-order valence-corrected chi connectivity index (χ0v) is 19.2. The second-order valence-electron chi connectivity index (χ2n) is 6.94. The maximum Gasteiger partial charge on any atom is 0.248 e. The van der Waals surface area contributed by atoms with Gasteiger partial charge in [0.15, 0.2) is 0 Å². The van der Waals surface area contributed by atoms with Crippen molar-refractivity contribution in [3.63, 3.8) is 0 Å². The van der Waals surface area contributed by atoms with E-state index in [1.54, 1.807) is 12.1 Å². The van der Waals surface area contributed by atoms with Crippen molar-refractivity contribution >= 4 is 46.2 Å². The van der Waals surface area contributed by atoms with E-state index in [0.29, 0.717) is 24.0 Å². The average Bonchev–Trinajstić information content (AvgIpc) is 3.28. The molecular formula is C22H21IN4O2S. The molecule has 4 rings (SSSR count). The summed E-state index contributed by atoms with van der Waals surface area (Å²) in [6.45, 7) is 2.37. The van der Waals surface area contributed by atoms with Gasteiger partial charge in [-0.15, -0.1) is 0 Å². The highest BCUT2D eigenvalue weighted by Gasteiger charge is 2.18. The SMILES string of the molecule is NC(=O)c1ccc(Sc2cnc(N3CCCC3)nc2OCc2cccc(I)c2)cc1. The Morgan fingerprint density at radius 2 is 1.93 bits per heavy atom. The normalized spacial score (nSPS) is 13.4. The standard InChI is InChI=1S/C22H21IN4O2S/c23-17-5-3-4-15(12-17)14-29-21-19(13-25-22(26-21)27-10-1-2-11-27)30-18-8-6-16(7-9-18)20(24)28/h3-9,12-13H,1-2,10-11,14H2,(H2,24,28). The number of rotatable bonds is 7. The molecule has 1 aliphatic heterocycles. The van der Waals surface area contributed by atoms with E-state index in [2.05, 4.69) is 44.6 Å². The number of anilines is 1. The minimum absolute atomic E-state index is 0.432. The van der Waals surface area contributed by atoms with E-state index < -0.39 is 5.91 Å². The Bertz CT molecular complexity index is 1040. The number of aromatic nitrogens is 2. The summed E-state index contributed by atoms with van der Waals surface area (Å²) in [7, 11) is 0. The lowest BCUT2D eigenvalue weighted by atomic mass is 10.2. The number of carbonyl (C=O) groups is 1. The fraction of sp³-hybridized carbons (Fsp3) is 0.227. The summed E-state index contributed by atoms with van der Waals surface area (Å²) >= 11 is 3.80. The third-order valence-corrected chi connectivity index (χ3v) is 6.41. The van der Waals surface area contributed by atoms with Gasteiger partial charge in [0.05, 0.1) is 11.1 Å². The van der Waals surface area contributed by atoms with E-state index in [4.69, 9.17) is 15.5 Å². The Morgan fingerprint density at radius 3 is 2.63 bits per heavy atom. The van der Waals surface area contributed by atoms with Crippen LogP contribution in [0.25, 0.3) is 0 Å². The smallest absolute Gasteiger partial charge is 0.248 e. The van der Waals surface area contributed by atoms with Gasteiger partial charge in [-0.25, -0.2) is 4.98 Å². The highest BCUT2D eigenvalue weighted by molar-refractivity contribution is 14.1. The molecule has 0 atom stereocenters. The van der Waals surface area contributed by atoms with Crippen LogP contribution < -0.4 is 15.4 Å². The fourth-order valence-electron chi connectivity index (χ4n) is 3.18. The number of nitrogens with zero attached hydrogens (tertiary/aromatic N) is 3. The number of amides is 1. The van der Waals surface area contributed by atoms with Crippen LogP contribution in [0.5, 0.6) is 5.88 Å². The molecule has 1 fully saturated rings. The van der Waals surface area contributed by atoms with E-state index in [0.717, 1.165) is 41.3 Å². The molecule has 30 heavy (non-hydrogen) atoms. The molecule has 2 heterocycles. The summed E-state index contributed by atoms with van der Waals surface area (Å²) in [6.07, 6.45) is 4.13. The first-order valence-corrected chi connectivity index (χ1v) is 11.5. The first-order chi connectivity index (χ1) is 14.6.